The number of carbonyl (C=O) groups excluding carboxylic acids is 1. The lowest BCUT2D eigenvalue weighted by atomic mass is 10.1. The fourth-order valence-corrected chi connectivity index (χ4v) is 2.71. The van der Waals surface area contributed by atoms with Gasteiger partial charge < -0.3 is 14.8 Å². The van der Waals surface area contributed by atoms with Crippen molar-refractivity contribution in [2.75, 3.05) is 25.6 Å². The first-order chi connectivity index (χ1) is 11.9. The predicted molar refractivity (Wildman–Crippen MR) is 102 cm³/mol. The number of carbonyl (C=O) groups is 1. The van der Waals surface area contributed by atoms with E-state index in [1.807, 2.05) is 26.0 Å². The average Bonchev–Trinajstić information content (AvgIpc) is 2.59. The third kappa shape index (κ3) is 5.28. The second-order valence-corrected chi connectivity index (χ2v) is 6.50. The van der Waals surface area contributed by atoms with Crippen LogP contribution in [0.1, 0.15) is 27.9 Å². The number of hydrogen-bond donors (Lipinski definition) is 1. The molecule has 6 heteroatoms. The van der Waals surface area contributed by atoms with Gasteiger partial charge in [-0.3, -0.25) is 0 Å². The highest BCUT2D eigenvalue weighted by molar-refractivity contribution is 6.32. The molecule has 25 heavy (non-hydrogen) atoms. The molecule has 0 aromatic heterocycles. The quantitative estimate of drug-likeness (QED) is 0.523. The summed E-state index contributed by atoms with van der Waals surface area (Å²) in [5, 5.41) is 4.47. The van der Waals surface area contributed by atoms with E-state index in [4.69, 9.17) is 32.7 Å². The topological polar surface area (TPSA) is 47.6 Å². The fraction of sp³-hybridized carbons (Fsp3) is 0.316. The number of ether oxygens (including phenoxy) is 2. The van der Waals surface area contributed by atoms with Gasteiger partial charge in [-0.2, -0.15) is 0 Å². The Labute approximate surface area is 158 Å². The smallest absolute Gasteiger partial charge is 0.340 e. The maximum absolute atomic E-state index is 11.8. The van der Waals surface area contributed by atoms with Crippen LogP contribution in [0.5, 0.6) is 5.75 Å². The maximum atomic E-state index is 11.8. The zero-order valence-electron chi connectivity index (χ0n) is 14.5. The Balaban J connectivity index is 1.87. The molecule has 0 radical (unpaired) electrons. The summed E-state index contributed by atoms with van der Waals surface area (Å²) >= 11 is 12.1. The Morgan fingerprint density at radius 2 is 1.80 bits per heavy atom. The number of halogens is 2. The minimum atomic E-state index is -0.423. The van der Waals surface area contributed by atoms with Crippen molar-refractivity contribution in [1.82, 2.24) is 0 Å². The van der Waals surface area contributed by atoms with Gasteiger partial charge in [0.05, 0.1) is 19.3 Å². The van der Waals surface area contributed by atoms with Crippen molar-refractivity contribution in [3.63, 3.8) is 0 Å². The minimum Gasteiger partial charge on any atom is -0.494 e. The predicted octanol–water partition coefficient (Wildman–Crippen LogP) is 5.28. The van der Waals surface area contributed by atoms with E-state index >= 15 is 0 Å². The highest BCUT2D eigenvalue weighted by Gasteiger charge is 2.12. The van der Waals surface area contributed by atoms with Crippen LogP contribution in [0, 0.1) is 13.8 Å². The summed E-state index contributed by atoms with van der Waals surface area (Å²) in [4.78, 5) is 11.8. The van der Waals surface area contributed by atoms with Crippen molar-refractivity contribution < 1.29 is 14.3 Å². The molecule has 0 saturated heterocycles. The standard InChI is InChI=1S/C19H21Cl2NO3/c1-12-9-15(10-13(2)18(12)21)25-8-4-7-22-17-6-5-14(20)11-16(17)19(23)24-3/h5-6,9-11,22H,4,7-8H2,1-3H3. The Kier molecular flexibility index (Phi) is 6.97. The molecule has 0 aliphatic rings. The van der Waals surface area contributed by atoms with Crippen LogP contribution in [0.15, 0.2) is 30.3 Å². The van der Waals surface area contributed by atoms with E-state index in [9.17, 15) is 4.79 Å². The molecule has 0 aliphatic carbocycles. The third-order valence-electron chi connectivity index (χ3n) is 3.70. The monoisotopic (exact) mass is 381 g/mol. The molecule has 0 fully saturated rings. The molecule has 2 aromatic rings. The van der Waals surface area contributed by atoms with E-state index in [2.05, 4.69) is 5.32 Å². The zero-order valence-corrected chi connectivity index (χ0v) is 16.0. The van der Waals surface area contributed by atoms with Crippen LogP contribution < -0.4 is 10.1 Å². The van der Waals surface area contributed by atoms with Crippen molar-refractivity contribution >= 4 is 34.9 Å². The van der Waals surface area contributed by atoms with Crippen LogP contribution in [0.2, 0.25) is 10.0 Å². The molecule has 2 aromatic carbocycles. The molecule has 0 atom stereocenters. The molecular formula is C19H21Cl2NO3. The number of rotatable bonds is 7. The zero-order chi connectivity index (χ0) is 18.4. The van der Waals surface area contributed by atoms with Crippen LogP contribution in [0.4, 0.5) is 5.69 Å². The van der Waals surface area contributed by atoms with Gasteiger partial charge in [-0.15, -0.1) is 0 Å². The van der Waals surface area contributed by atoms with Gasteiger partial charge in [0.15, 0.2) is 0 Å². The van der Waals surface area contributed by atoms with Crippen LogP contribution >= 0.6 is 23.2 Å². The van der Waals surface area contributed by atoms with E-state index in [1.54, 1.807) is 18.2 Å². The second-order valence-electron chi connectivity index (χ2n) is 5.68. The molecular weight excluding hydrogens is 361 g/mol. The third-order valence-corrected chi connectivity index (χ3v) is 4.53. The van der Waals surface area contributed by atoms with Gasteiger partial charge in [0, 0.05) is 22.3 Å². The molecule has 0 spiro atoms. The van der Waals surface area contributed by atoms with Gasteiger partial charge in [0.2, 0.25) is 0 Å². The first-order valence-corrected chi connectivity index (χ1v) is 8.69. The summed E-state index contributed by atoms with van der Waals surface area (Å²) in [5.74, 6) is 0.384. The minimum absolute atomic E-state index is 0.417. The van der Waals surface area contributed by atoms with Crippen molar-refractivity contribution in [1.29, 1.82) is 0 Å². The van der Waals surface area contributed by atoms with E-state index < -0.39 is 5.97 Å². The van der Waals surface area contributed by atoms with Gasteiger partial charge in [-0.1, -0.05) is 23.2 Å². The summed E-state index contributed by atoms with van der Waals surface area (Å²) in [6.45, 7) is 5.11. The maximum Gasteiger partial charge on any atom is 0.340 e. The number of aryl methyl sites for hydroxylation is 2. The highest BCUT2D eigenvalue weighted by atomic mass is 35.5. The Bertz CT molecular complexity index is 739. The van der Waals surface area contributed by atoms with Crippen molar-refractivity contribution in [2.24, 2.45) is 0 Å². The SMILES string of the molecule is COC(=O)c1cc(Cl)ccc1NCCCOc1cc(C)c(Cl)c(C)c1. The summed E-state index contributed by atoms with van der Waals surface area (Å²) in [6, 6.07) is 8.94. The average molecular weight is 382 g/mol. The largest absolute Gasteiger partial charge is 0.494 e. The van der Waals surface area contributed by atoms with Gasteiger partial charge >= 0.3 is 5.97 Å². The van der Waals surface area contributed by atoms with Gasteiger partial charge in [-0.05, 0) is 61.7 Å². The number of hydrogen-bond acceptors (Lipinski definition) is 4. The van der Waals surface area contributed by atoms with Crippen LogP contribution in [0.25, 0.3) is 0 Å². The Morgan fingerprint density at radius 3 is 2.44 bits per heavy atom. The van der Waals surface area contributed by atoms with Gasteiger partial charge in [-0.25, -0.2) is 4.79 Å². The Hall–Kier alpha value is -1.91. The molecule has 0 saturated carbocycles. The molecule has 4 nitrogen and oxygen atoms in total. The van der Waals surface area contributed by atoms with E-state index in [0.717, 1.165) is 28.3 Å². The first-order valence-electron chi connectivity index (χ1n) is 7.93. The van der Waals surface area contributed by atoms with Crippen molar-refractivity contribution in [3.05, 3.63) is 57.1 Å². The van der Waals surface area contributed by atoms with E-state index in [-0.39, 0.29) is 0 Å². The van der Waals surface area contributed by atoms with Crippen LogP contribution in [0.3, 0.4) is 0 Å². The molecule has 0 aliphatic heterocycles. The fourth-order valence-electron chi connectivity index (χ4n) is 2.42. The van der Waals surface area contributed by atoms with Crippen LogP contribution in [-0.4, -0.2) is 26.2 Å². The number of benzene rings is 2. The Morgan fingerprint density at radius 1 is 1.12 bits per heavy atom. The van der Waals surface area contributed by atoms with Gasteiger partial charge in [0.1, 0.15) is 5.75 Å². The molecule has 134 valence electrons. The molecule has 0 unspecified atom stereocenters. The molecule has 1 N–H and O–H groups in total. The molecule has 0 heterocycles. The summed E-state index contributed by atoms with van der Waals surface area (Å²) in [6.07, 6.45) is 0.768. The molecule has 0 amide bonds. The molecule has 2 rings (SSSR count). The van der Waals surface area contributed by atoms with Crippen molar-refractivity contribution in [2.45, 2.75) is 20.3 Å². The lowest BCUT2D eigenvalue weighted by Gasteiger charge is -2.12. The summed E-state index contributed by atoms with van der Waals surface area (Å²) in [7, 11) is 1.34. The normalized spacial score (nSPS) is 10.4. The number of methoxy groups -OCH3 is 1. The number of esters is 1. The van der Waals surface area contributed by atoms with Crippen LogP contribution in [-0.2, 0) is 4.74 Å². The number of anilines is 1. The number of nitrogens with one attached hydrogen (secondary N) is 1. The summed E-state index contributed by atoms with van der Waals surface area (Å²) in [5.41, 5.74) is 3.10. The van der Waals surface area contributed by atoms with Gasteiger partial charge in [0.25, 0.3) is 0 Å². The molecule has 0 bridgehead atoms. The van der Waals surface area contributed by atoms with E-state index in [0.29, 0.717) is 29.4 Å². The lowest BCUT2D eigenvalue weighted by molar-refractivity contribution is 0.0602. The first kappa shape index (κ1) is 19.4. The highest BCUT2D eigenvalue weighted by Crippen LogP contribution is 2.26. The van der Waals surface area contributed by atoms with E-state index in [1.165, 1.54) is 7.11 Å². The van der Waals surface area contributed by atoms with Crippen molar-refractivity contribution in [3.8, 4) is 5.75 Å². The summed E-state index contributed by atoms with van der Waals surface area (Å²) < 4.78 is 10.5. The second kappa shape index (κ2) is 8.97. The lowest BCUT2D eigenvalue weighted by Crippen LogP contribution is -2.11.